The number of pyridine rings is 1. The minimum Gasteiger partial charge on any atom is -0.337 e. The summed E-state index contributed by atoms with van der Waals surface area (Å²) in [5, 5.41) is 9.13. The van der Waals surface area contributed by atoms with Gasteiger partial charge in [0.15, 0.2) is 0 Å². The summed E-state index contributed by atoms with van der Waals surface area (Å²) >= 11 is 12.1. The summed E-state index contributed by atoms with van der Waals surface area (Å²) in [7, 11) is 3.52. The molecule has 9 heteroatoms. The van der Waals surface area contributed by atoms with Crippen LogP contribution in [0.25, 0.3) is 11.1 Å². The molecule has 4 aromatic rings. The van der Waals surface area contributed by atoms with Crippen molar-refractivity contribution in [3.63, 3.8) is 0 Å². The van der Waals surface area contributed by atoms with Gasteiger partial charge in [-0.05, 0) is 66.1 Å². The fourth-order valence-electron chi connectivity index (χ4n) is 3.95. The second-order valence-corrected chi connectivity index (χ2v) is 9.27. The Hall–Kier alpha value is -3.42. The Morgan fingerprint density at radius 2 is 1.83 bits per heavy atom. The monoisotopic (exact) mass is 511 g/mol. The van der Waals surface area contributed by atoms with Crippen LogP contribution >= 0.6 is 23.2 Å². The number of rotatable bonds is 6. The van der Waals surface area contributed by atoms with Crippen LogP contribution < -0.4 is 5.62 Å². The van der Waals surface area contributed by atoms with Crippen LogP contribution in [0.4, 0.5) is 4.39 Å². The lowest BCUT2D eigenvalue weighted by molar-refractivity contribution is 0.0785. The van der Waals surface area contributed by atoms with E-state index in [4.69, 9.17) is 28.6 Å². The molecule has 0 aliphatic heterocycles. The molecule has 6 nitrogen and oxygen atoms in total. The number of carbonyl (C=O) groups is 1. The van der Waals surface area contributed by atoms with E-state index in [1.165, 1.54) is 6.07 Å². The van der Waals surface area contributed by atoms with Crippen molar-refractivity contribution < 1.29 is 9.18 Å². The minimum atomic E-state index is -0.557. The van der Waals surface area contributed by atoms with Crippen molar-refractivity contribution in [2.75, 3.05) is 7.05 Å². The number of carbonyl (C=O) groups excluding carboxylic acids is 1. The van der Waals surface area contributed by atoms with Gasteiger partial charge in [-0.15, -0.1) is 0 Å². The molecule has 2 heterocycles. The molecule has 0 bridgehead atoms. The number of hydrogen-bond donors (Lipinski definition) is 1. The van der Waals surface area contributed by atoms with Crippen molar-refractivity contribution in [2.24, 2.45) is 7.05 Å². The van der Waals surface area contributed by atoms with E-state index in [0.29, 0.717) is 40.0 Å². The maximum atomic E-state index is 13.6. The number of nitrogens with one attached hydrogen (secondary N) is 1. The molecule has 0 spiro atoms. The average molecular weight is 512 g/mol. The Balaban J connectivity index is 1.72. The van der Waals surface area contributed by atoms with Crippen molar-refractivity contribution >= 4 is 29.1 Å². The number of aromatic nitrogens is 3. The third-order valence-corrected chi connectivity index (χ3v) is 6.52. The Labute approximate surface area is 212 Å². The van der Waals surface area contributed by atoms with Gasteiger partial charge >= 0.3 is 0 Å². The smallest absolute Gasteiger partial charge is 0.253 e. The van der Waals surface area contributed by atoms with Crippen LogP contribution in [0.2, 0.25) is 10.0 Å². The van der Waals surface area contributed by atoms with E-state index >= 15 is 0 Å². The highest BCUT2D eigenvalue weighted by molar-refractivity contribution is 6.42. The lowest BCUT2D eigenvalue weighted by Crippen LogP contribution is -2.26. The van der Waals surface area contributed by atoms with Gasteiger partial charge in [0.1, 0.15) is 0 Å². The maximum absolute atomic E-state index is 13.6. The zero-order valence-electron chi connectivity index (χ0n) is 19.5. The van der Waals surface area contributed by atoms with E-state index in [1.54, 1.807) is 65.5 Å². The fraction of sp³-hybridized carbons (Fsp3) is 0.192. The molecular formula is C26H24Cl2FN5O. The van der Waals surface area contributed by atoms with Gasteiger partial charge in [-0.3, -0.25) is 10.2 Å². The molecule has 0 unspecified atom stereocenters. The molecule has 35 heavy (non-hydrogen) atoms. The Kier molecular flexibility index (Phi) is 7.10. The van der Waals surface area contributed by atoms with Gasteiger partial charge in [-0.2, -0.15) is 4.39 Å². The molecule has 180 valence electrons. The Morgan fingerprint density at radius 3 is 2.49 bits per heavy atom. The molecule has 0 radical (unpaired) electrons. The second-order valence-electron chi connectivity index (χ2n) is 8.46. The van der Waals surface area contributed by atoms with Crippen LogP contribution in [0.1, 0.15) is 27.2 Å². The summed E-state index contributed by atoms with van der Waals surface area (Å²) < 4.78 is 17.1. The third kappa shape index (κ3) is 5.47. The Bertz CT molecular complexity index is 1480. The van der Waals surface area contributed by atoms with Gasteiger partial charge in [0.05, 0.1) is 16.6 Å². The normalized spacial score (nSPS) is 11.0. The molecule has 0 fully saturated rings. The molecule has 0 atom stereocenters. The first kappa shape index (κ1) is 24.7. The number of halogens is 3. The predicted octanol–water partition coefficient (Wildman–Crippen LogP) is 5.44. The molecule has 0 saturated heterocycles. The van der Waals surface area contributed by atoms with E-state index < -0.39 is 5.95 Å². The first-order chi connectivity index (χ1) is 16.6. The van der Waals surface area contributed by atoms with Gasteiger partial charge in [-0.1, -0.05) is 29.3 Å². The number of aryl methyl sites for hydroxylation is 2. The quantitative estimate of drug-likeness (QED) is 0.350. The summed E-state index contributed by atoms with van der Waals surface area (Å²) in [6.45, 7) is 2.48. The summed E-state index contributed by atoms with van der Waals surface area (Å²) in [5.41, 5.74) is 4.51. The first-order valence-corrected chi connectivity index (χ1v) is 11.6. The van der Waals surface area contributed by atoms with Crippen molar-refractivity contribution in [1.29, 1.82) is 5.41 Å². The predicted molar refractivity (Wildman–Crippen MR) is 135 cm³/mol. The number of hydrogen-bond acceptors (Lipinski definition) is 3. The second kappa shape index (κ2) is 10.1. The third-order valence-electron chi connectivity index (χ3n) is 5.78. The largest absolute Gasteiger partial charge is 0.337 e. The van der Waals surface area contributed by atoms with Crippen LogP contribution in [0, 0.1) is 18.3 Å². The van der Waals surface area contributed by atoms with Gasteiger partial charge < -0.3 is 14.0 Å². The highest BCUT2D eigenvalue weighted by atomic mass is 35.5. The molecule has 1 amide bonds. The number of amides is 1. The molecular weight excluding hydrogens is 488 g/mol. The number of benzene rings is 2. The van der Waals surface area contributed by atoms with E-state index in [1.807, 2.05) is 24.4 Å². The van der Waals surface area contributed by atoms with Crippen LogP contribution in [0.3, 0.4) is 0 Å². The lowest BCUT2D eigenvalue weighted by Gasteiger charge is -2.19. The van der Waals surface area contributed by atoms with Gasteiger partial charge in [-0.25, -0.2) is 4.98 Å². The van der Waals surface area contributed by atoms with Crippen molar-refractivity contribution in [3.05, 3.63) is 105 Å². The molecule has 4 rings (SSSR count). The highest BCUT2D eigenvalue weighted by Gasteiger charge is 2.17. The topological polar surface area (TPSA) is 66.9 Å². The highest BCUT2D eigenvalue weighted by Crippen LogP contribution is 2.27. The number of nitrogens with zero attached hydrogens (tertiary/aromatic N) is 4. The van der Waals surface area contributed by atoms with Gasteiger partial charge in [0.25, 0.3) is 5.91 Å². The number of imidazole rings is 1. The molecule has 0 aliphatic carbocycles. The molecule has 2 aromatic heterocycles. The van der Waals surface area contributed by atoms with E-state index in [0.717, 1.165) is 22.3 Å². The first-order valence-electron chi connectivity index (χ1n) is 10.9. The fourth-order valence-corrected chi connectivity index (χ4v) is 4.27. The molecule has 1 N–H and O–H groups in total. The SMILES string of the molecule is Cc1nc(F)ccc1-c1cc(Cn2ccn(C)c2=N)cc(C(=O)N(C)Cc2ccc(Cl)c(Cl)c2)c1. The van der Waals surface area contributed by atoms with Crippen molar-refractivity contribution in [2.45, 2.75) is 20.0 Å². The average Bonchev–Trinajstić information content (AvgIpc) is 3.12. The van der Waals surface area contributed by atoms with Crippen LogP contribution in [0.15, 0.2) is 60.9 Å². The van der Waals surface area contributed by atoms with E-state index in [2.05, 4.69) is 4.98 Å². The standard InChI is InChI=1S/C26H24Cl2FN5O/c1-16-21(5-7-24(29)31-16)19-10-18(15-34-9-8-32(2)26(34)30)11-20(13-19)25(35)33(3)14-17-4-6-22(27)23(28)12-17/h4-13,30H,14-15H2,1-3H3. The van der Waals surface area contributed by atoms with Crippen molar-refractivity contribution in [3.8, 4) is 11.1 Å². The van der Waals surface area contributed by atoms with Crippen LogP contribution in [-0.2, 0) is 20.1 Å². The summed E-state index contributed by atoms with van der Waals surface area (Å²) in [6, 6.07) is 13.8. The zero-order chi connectivity index (χ0) is 25.3. The van der Waals surface area contributed by atoms with Crippen molar-refractivity contribution in [1.82, 2.24) is 19.0 Å². The van der Waals surface area contributed by atoms with Gasteiger partial charge in [0.2, 0.25) is 11.6 Å². The lowest BCUT2D eigenvalue weighted by atomic mass is 9.98. The molecule has 0 saturated carbocycles. The maximum Gasteiger partial charge on any atom is 0.253 e. The van der Waals surface area contributed by atoms with Crippen LogP contribution in [-0.4, -0.2) is 32.0 Å². The Morgan fingerprint density at radius 1 is 1.06 bits per heavy atom. The van der Waals surface area contributed by atoms with E-state index in [9.17, 15) is 9.18 Å². The van der Waals surface area contributed by atoms with Crippen LogP contribution in [0.5, 0.6) is 0 Å². The molecule has 0 aliphatic rings. The summed E-state index contributed by atoms with van der Waals surface area (Å²) in [5.74, 6) is -0.741. The minimum absolute atomic E-state index is 0.184. The zero-order valence-corrected chi connectivity index (χ0v) is 21.0. The van der Waals surface area contributed by atoms with E-state index in [-0.39, 0.29) is 5.91 Å². The summed E-state index contributed by atoms with van der Waals surface area (Å²) in [6.07, 6.45) is 3.62. The van der Waals surface area contributed by atoms with Gasteiger partial charge in [0, 0.05) is 49.9 Å². The molecule has 2 aromatic carbocycles. The summed E-state index contributed by atoms with van der Waals surface area (Å²) in [4.78, 5) is 19.0.